The molecule has 1 aliphatic rings. The standard InChI is InChI=1S/C11H13N3.3ClH/c1-2-8(1)6-12-10-3-4-11-9(5-10)7-13-14-11;;;/h3-5,7-8,12H,1-2,6H2,(H,13,14);3*1H. The number of aromatic amines is 1. The maximum atomic E-state index is 4.00. The van der Waals surface area contributed by atoms with Gasteiger partial charge in [-0.3, -0.25) is 5.10 Å². The lowest BCUT2D eigenvalue weighted by atomic mass is 10.2. The minimum Gasteiger partial charge on any atom is -0.385 e. The highest BCUT2D eigenvalue weighted by molar-refractivity contribution is 5.86. The smallest absolute Gasteiger partial charge is 0.0651 e. The Hall–Kier alpha value is -0.640. The van der Waals surface area contributed by atoms with Gasteiger partial charge in [0.05, 0.1) is 11.7 Å². The van der Waals surface area contributed by atoms with Crippen LogP contribution in [-0.2, 0) is 0 Å². The second-order valence-electron chi connectivity index (χ2n) is 4.00. The van der Waals surface area contributed by atoms with Crippen LogP contribution in [-0.4, -0.2) is 16.7 Å². The summed E-state index contributed by atoms with van der Waals surface area (Å²) in [7, 11) is 0. The van der Waals surface area contributed by atoms with Crippen LogP contribution in [0.5, 0.6) is 0 Å². The van der Waals surface area contributed by atoms with E-state index in [2.05, 4.69) is 33.7 Å². The van der Waals surface area contributed by atoms with Gasteiger partial charge in [0, 0.05) is 17.6 Å². The summed E-state index contributed by atoms with van der Waals surface area (Å²) >= 11 is 0. The Morgan fingerprint density at radius 2 is 2.00 bits per heavy atom. The Bertz CT molecular complexity index is 454. The van der Waals surface area contributed by atoms with Crippen molar-refractivity contribution in [2.24, 2.45) is 5.92 Å². The van der Waals surface area contributed by atoms with E-state index in [0.29, 0.717) is 0 Å². The summed E-state index contributed by atoms with van der Waals surface area (Å²) in [4.78, 5) is 0. The van der Waals surface area contributed by atoms with Gasteiger partial charge in [0.2, 0.25) is 0 Å². The van der Waals surface area contributed by atoms with E-state index in [9.17, 15) is 0 Å². The first-order valence-corrected chi connectivity index (χ1v) is 5.09. The normalized spacial score (nSPS) is 13.2. The van der Waals surface area contributed by atoms with Gasteiger partial charge in [-0.25, -0.2) is 0 Å². The molecule has 3 nitrogen and oxygen atoms in total. The summed E-state index contributed by atoms with van der Waals surface area (Å²) in [6.45, 7) is 1.11. The van der Waals surface area contributed by atoms with E-state index in [1.807, 2.05) is 6.20 Å². The maximum absolute atomic E-state index is 4.00. The van der Waals surface area contributed by atoms with E-state index in [-0.39, 0.29) is 37.2 Å². The van der Waals surface area contributed by atoms with Crippen molar-refractivity contribution in [1.29, 1.82) is 0 Å². The Kier molecular flexibility index (Phi) is 6.68. The number of nitrogens with zero attached hydrogens (tertiary/aromatic N) is 1. The number of benzene rings is 1. The number of H-pyrrole nitrogens is 1. The Morgan fingerprint density at radius 1 is 1.24 bits per heavy atom. The summed E-state index contributed by atoms with van der Waals surface area (Å²) in [5.41, 5.74) is 2.30. The lowest BCUT2D eigenvalue weighted by molar-refractivity contribution is 0.889. The van der Waals surface area contributed by atoms with Gasteiger partial charge in [-0.2, -0.15) is 5.10 Å². The number of hydrogen-bond acceptors (Lipinski definition) is 2. The van der Waals surface area contributed by atoms with E-state index >= 15 is 0 Å². The molecule has 1 saturated carbocycles. The number of anilines is 1. The van der Waals surface area contributed by atoms with Crippen LogP contribution < -0.4 is 5.32 Å². The van der Waals surface area contributed by atoms with Crippen molar-refractivity contribution in [1.82, 2.24) is 10.2 Å². The predicted molar refractivity (Wildman–Crippen MR) is 79.1 cm³/mol. The summed E-state index contributed by atoms with van der Waals surface area (Å²) in [5, 5.41) is 11.6. The molecule has 0 spiro atoms. The lowest BCUT2D eigenvalue weighted by Crippen LogP contribution is -2.02. The zero-order valence-electron chi connectivity index (χ0n) is 9.18. The first-order valence-electron chi connectivity index (χ1n) is 5.09. The summed E-state index contributed by atoms with van der Waals surface area (Å²) in [6.07, 6.45) is 4.64. The molecular formula is C11H16Cl3N3. The maximum Gasteiger partial charge on any atom is 0.0651 e. The van der Waals surface area contributed by atoms with Crippen LogP contribution in [0.15, 0.2) is 24.4 Å². The van der Waals surface area contributed by atoms with Gasteiger partial charge in [0.15, 0.2) is 0 Å². The topological polar surface area (TPSA) is 40.7 Å². The van der Waals surface area contributed by atoms with Crippen LogP contribution in [0.3, 0.4) is 0 Å². The molecule has 6 heteroatoms. The van der Waals surface area contributed by atoms with E-state index in [0.717, 1.165) is 18.0 Å². The number of nitrogens with one attached hydrogen (secondary N) is 2. The highest BCUT2D eigenvalue weighted by Crippen LogP contribution is 2.29. The summed E-state index contributed by atoms with van der Waals surface area (Å²) in [6, 6.07) is 6.31. The molecule has 17 heavy (non-hydrogen) atoms. The third-order valence-corrected chi connectivity index (χ3v) is 2.73. The molecule has 0 atom stereocenters. The number of fused-ring (bicyclic) bond motifs is 1. The molecule has 1 heterocycles. The molecule has 0 bridgehead atoms. The average molecular weight is 297 g/mol. The van der Waals surface area contributed by atoms with Gasteiger partial charge >= 0.3 is 0 Å². The number of hydrogen-bond donors (Lipinski definition) is 2. The van der Waals surface area contributed by atoms with Crippen molar-refractivity contribution in [2.75, 3.05) is 11.9 Å². The quantitative estimate of drug-likeness (QED) is 0.907. The summed E-state index contributed by atoms with van der Waals surface area (Å²) < 4.78 is 0. The number of aromatic nitrogens is 2. The molecule has 0 unspecified atom stereocenters. The van der Waals surface area contributed by atoms with Gasteiger partial charge < -0.3 is 5.32 Å². The van der Waals surface area contributed by atoms with Gasteiger partial charge in [-0.1, -0.05) is 0 Å². The van der Waals surface area contributed by atoms with Crippen molar-refractivity contribution in [3.63, 3.8) is 0 Å². The Labute approximate surface area is 119 Å². The second kappa shape index (κ2) is 6.94. The van der Waals surface area contributed by atoms with Crippen molar-refractivity contribution < 1.29 is 0 Å². The monoisotopic (exact) mass is 295 g/mol. The van der Waals surface area contributed by atoms with E-state index < -0.39 is 0 Å². The van der Waals surface area contributed by atoms with Crippen LogP contribution in [0.1, 0.15) is 12.8 Å². The first-order chi connectivity index (χ1) is 6.92. The molecule has 3 rings (SSSR count). The zero-order chi connectivity index (χ0) is 9.38. The number of rotatable bonds is 3. The Balaban J connectivity index is 0.000000853. The molecule has 0 saturated heterocycles. The van der Waals surface area contributed by atoms with Crippen LogP contribution in [0.4, 0.5) is 5.69 Å². The SMILES string of the molecule is Cl.Cl.Cl.c1cc2[nH]ncc2cc1NCC1CC1. The van der Waals surface area contributed by atoms with E-state index in [4.69, 9.17) is 0 Å². The van der Waals surface area contributed by atoms with Crippen LogP contribution in [0.2, 0.25) is 0 Å². The lowest BCUT2D eigenvalue weighted by Gasteiger charge is -2.04. The van der Waals surface area contributed by atoms with E-state index in [1.54, 1.807) is 0 Å². The van der Waals surface area contributed by atoms with Crippen molar-refractivity contribution in [3.8, 4) is 0 Å². The highest BCUT2D eigenvalue weighted by Gasteiger charge is 2.20. The molecule has 0 aliphatic heterocycles. The largest absolute Gasteiger partial charge is 0.385 e. The third kappa shape index (κ3) is 3.95. The van der Waals surface area contributed by atoms with Gasteiger partial charge in [0.25, 0.3) is 0 Å². The van der Waals surface area contributed by atoms with Gasteiger partial charge in [-0.15, -0.1) is 37.2 Å². The van der Waals surface area contributed by atoms with Crippen LogP contribution in [0.25, 0.3) is 10.9 Å². The second-order valence-corrected chi connectivity index (χ2v) is 4.00. The fourth-order valence-corrected chi connectivity index (χ4v) is 1.64. The molecular weight excluding hydrogens is 281 g/mol. The molecule has 1 fully saturated rings. The number of halogens is 3. The van der Waals surface area contributed by atoms with Crippen molar-refractivity contribution in [2.45, 2.75) is 12.8 Å². The molecule has 1 aromatic heterocycles. The molecule has 0 amide bonds. The molecule has 0 radical (unpaired) electrons. The zero-order valence-corrected chi connectivity index (χ0v) is 11.6. The third-order valence-electron chi connectivity index (χ3n) is 2.73. The van der Waals surface area contributed by atoms with Crippen molar-refractivity contribution >= 4 is 53.8 Å². The molecule has 2 N–H and O–H groups in total. The van der Waals surface area contributed by atoms with Gasteiger partial charge in [-0.05, 0) is 37.0 Å². The van der Waals surface area contributed by atoms with E-state index in [1.165, 1.54) is 23.9 Å². The highest BCUT2D eigenvalue weighted by atomic mass is 35.5. The fourth-order valence-electron chi connectivity index (χ4n) is 1.64. The first kappa shape index (κ1) is 16.4. The average Bonchev–Trinajstić information content (AvgIpc) is 2.92. The van der Waals surface area contributed by atoms with Crippen LogP contribution in [0, 0.1) is 5.92 Å². The van der Waals surface area contributed by atoms with Crippen LogP contribution >= 0.6 is 37.2 Å². The molecule has 1 aromatic carbocycles. The predicted octanol–water partition coefficient (Wildman–Crippen LogP) is 3.65. The molecule has 96 valence electrons. The minimum absolute atomic E-state index is 0. The van der Waals surface area contributed by atoms with Crippen molar-refractivity contribution in [3.05, 3.63) is 24.4 Å². The summed E-state index contributed by atoms with van der Waals surface area (Å²) in [5.74, 6) is 0.912. The van der Waals surface area contributed by atoms with Gasteiger partial charge in [0.1, 0.15) is 0 Å². The fraction of sp³-hybridized carbons (Fsp3) is 0.364. The molecule has 1 aliphatic carbocycles. The Morgan fingerprint density at radius 3 is 2.71 bits per heavy atom. The molecule has 2 aromatic rings. The minimum atomic E-state index is 0.